The number of amides is 2. The molecule has 2 aromatic rings. The van der Waals surface area contributed by atoms with E-state index in [0.717, 1.165) is 17.7 Å². The summed E-state index contributed by atoms with van der Waals surface area (Å²) in [6, 6.07) is 14.6. The van der Waals surface area contributed by atoms with Gasteiger partial charge in [0.2, 0.25) is 5.91 Å². The van der Waals surface area contributed by atoms with Crippen molar-refractivity contribution in [3.63, 3.8) is 0 Å². The summed E-state index contributed by atoms with van der Waals surface area (Å²) in [4.78, 5) is 23.0. The van der Waals surface area contributed by atoms with E-state index in [-0.39, 0.29) is 18.4 Å². The second kappa shape index (κ2) is 10.1. The Morgan fingerprint density at radius 3 is 2.23 bits per heavy atom. The van der Waals surface area contributed by atoms with Gasteiger partial charge in [0.1, 0.15) is 0 Å². The molecule has 0 fully saturated rings. The van der Waals surface area contributed by atoms with Gasteiger partial charge in [-0.25, -0.2) is 0 Å². The smallest absolute Gasteiger partial charge is 0.258 e. The molecule has 138 valence electrons. The first-order valence-corrected chi connectivity index (χ1v) is 8.56. The lowest BCUT2D eigenvalue weighted by atomic mass is 10.2. The molecule has 0 spiro atoms. The minimum Gasteiger partial charge on any atom is -0.490 e. The van der Waals surface area contributed by atoms with Crippen molar-refractivity contribution in [2.45, 2.75) is 26.8 Å². The maximum absolute atomic E-state index is 12.0. The summed E-state index contributed by atoms with van der Waals surface area (Å²) in [7, 11) is 0. The van der Waals surface area contributed by atoms with Gasteiger partial charge in [-0.15, -0.1) is 0 Å². The molecule has 0 saturated heterocycles. The normalized spacial score (nSPS) is 10.1. The Morgan fingerprint density at radius 2 is 1.62 bits per heavy atom. The minimum atomic E-state index is -0.221. The van der Waals surface area contributed by atoms with Crippen molar-refractivity contribution in [1.82, 2.24) is 5.32 Å². The van der Waals surface area contributed by atoms with Crippen LogP contribution in [0.2, 0.25) is 0 Å². The number of carbonyl (C=O) groups excluding carboxylic acids is 2. The second-order valence-corrected chi connectivity index (χ2v) is 5.74. The lowest BCUT2D eigenvalue weighted by molar-refractivity contribution is -0.123. The average Bonchev–Trinajstić information content (AvgIpc) is 2.64. The molecule has 0 unspecified atom stereocenters. The van der Waals surface area contributed by atoms with E-state index in [0.29, 0.717) is 24.7 Å². The molecule has 6 nitrogen and oxygen atoms in total. The first-order valence-electron chi connectivity index (χ1n) is 8.56. The number of hydrogen-bond acceptors (Lipinski definition) is 4. The standard InChI is InChI=1S/C20H24N2O4/c1-3-12-25-18-6-4-5-7-19(18)26-14-20(24)21-13-16-8-10-17(11-9-16)22-15(2)23/h4-11H,3,12-14H2,1-2H3,(H,21,24)(H,22,23). The fourth-order valence-corrected chi connectivity index (χ4v) is 2.20. The zero-order valence-electron chi connectivity index (χ0n) is 15.1. The Kier molecular flexibility index (Phi) is 7.49. The van der Waals surface area contributed by atoms with E-state index in [1.165, 1.54) is 6.92 Å². The molecule has 0 aliphatic heterocycles. The van der Waals surface area contributed by atoms with E-state index in [1.807, 2.05) is 37.3 Å². The number of para-hydroxylation sites is 2. The van der Waals surface area contributed by atoms with Gasteiger partial charge in [0.25, 0.3) is 5.91 Å². The largest absolute Gasteiger partial charge is 0.490 e. The van der Waals surface area contributed by atoms with Crippen LogP contribution in [0, 0.1) is 0 Å². The third kappa shape index (κ3) is 6.47. The average molecular weight is 356 g/mol. The summed E-state index contributed by atoms with van der Waals surface area (Å²) < 4.78 is 11.2. The lowest BCUT2D eigenvalue weighted by Crippen LogP contribution is -2.28. The van der Waals surface area contributed by atoms with E-state index in [1.54, 1.807) is 18.2 Å². The van der Waals surface area contributed by atoms with Crippen molar-refractivity contribution in [1.29, 1.82) is 0 Å². The second-order valence-electron chi connectivity index (χ2n) is 5.74. The number of benzene rings is 2. The van der Waals surface area contributed by atoms with Crippen LogP contribution in [-0.2, 0) is 16.1 Å². The number of anilines is 1. The molecular weight excluding hydrogens is 332 g/mol. The molecule has 6 heteroatoms. The molecule has 26 heavy (non-hydrogen) atoms. The highest BCUT2D eigenvalue weighted by atomic mass is 16.5. The highest BCUT2D eigenvalue weighted by Gasteiger charge is 2.07. The van der Waals surface area contributed by atoms with E-state index < -0.39 is 0 Å². The molecule has 0 heterocycles. The Morgan fingerprint density at radius 1 is 0.962 bits per heavy atom. The fraction of sp³-hybridized carbons (Fsp3) is 0.300. The molecule has 2 aromatic carbocycles. The monoisotopic (exact) mass is 356 g/mol. The summed E-state index contributed by atoms with van der Waals surface area (Å²) in [6.45, 7) is 4.38. The number of carbonyl (C=O) groups is 2. The van der Waals surface area contributed by atoms with Gasteiger partial charge >= 0.3 is 0 Å². The van der Waals surface area contributed by atoms with Crippen LogP contribution in [0.3, 0.4) is 0 Å². The highest BCUT2D eigenvalue weighted by molar-refractivity contribution is 5.88. The fourth-order valence-electron chi connectivity index (χ4n) is 2.20. The lowest BCUT2D eigenvalue weighted by Gasteiger charge is -2.12. The number of hydrogen-bond donors (Lipinski definition) is 2. The van der Waals surface area contributed by atoms with Crippen LogP contribution < -0.4 is 20.1 Å². The highest BCUT2D eigenvalue weighted by Crippen LogP contribution is 2.26. The van der Waals surface area contributed by atoms with Crippen LogP contribution >= 0.6 is 0 Å². The minimum absolute atomic E-state index is 0.0868. The molecular formula is C20H24N2O4. The summed E-state index contributed by atoms with van der Waals surface area (Å²) >= 11 is 0. The van der Waals surface area contributed by atoms with Crippen LogP contribution in [0.25, 0.3) is 0 Å². The van der Waals surface area contributed by atoms with E-state index in [4.69, 9.17) is 9.47 Å². The van der Waals surface area contributed by atoms with E-state index >= 15 is 0 Å². The topological polar surface area (TPSA) is 76.7 Å². The molecule has 0 aliphatic rings. The predicted octanol–water partition coefficient (Wildman–Crippen LogP) is 3.13. The zero-order chi connectivity index (χ0) is 18.8. The first kappa shape index (κ1) is 19.3. The van der Waals surface area contributed by atoms with Gasteiger partial charge in [0, 0.05) is 19.2 Å². The maximum atomic E-state index is 12.0. The van der Waals surface area contributed by atoms with Gasteiger partial charge in [-0.05, 0) is 36.2 Å². The predicted molar refractivity (Wildman–Crippen MR) is 100 cm³/mol. The first-order chi connectivity index (χ1) is 12.6. The Balaban J connectivity index is 1.79. The molecule has 2 amide bonds. The van der Waals surface area contributed by atoms with Gasteiger partial charge in [-0.2, -0.15) is 0 Å². The van der Waals surface area contributed by atoms with Gasteiger partial charge in [0.05, 0.1) is 6.61 Å². The number of rotatable bonds is 9. The Hall–Kier alpha value is -3.02. The Labute approximate surface area is 153 Å². The van der Waals surface area contributed by atoms with E-state index in [2.05, 4.69) is 10.6 Å². The Bertz CT molecular complexity index is 729. The molecule has 0 bridgehead atoms. The quantitative estimate of drug-likeness (QED) is 0.724. The van der Waals surface area contributed by atoms with Crippen molar-refractivity contribution < 1.29 is 19.1 Å². The van der Waals surface area contributed by atoms with Gasteiger partial charge < -0.3 is 20.1 Å². The van der Waals surface area contributed by atoms with Crippen LogP contribution in [0.4, 0.5) is 5.69 Å². The summed E-state index contributed by atoms with van der Waals surface area (Å²) in [5.41, 5.74) is 1.65. The third-order valence-electron chi connectivity index (χ3n) is 3.43. The third-order valence-corrected chi connectivity index (χ3v) is 3.43. The van der Waals surface area contributed by atoms with Crippen molar-refractivity contribution >= 4 is 17.5 Å². The maximum Gasteiger partial charge on any atom is 0.258 e. The molecule has 2 rings (SSSR count). The van der Waals surface area contributed by atoms with Crippen molar-refractivity contribution in [2.24, 2.45) is 0 Å². The van der Waals surface area contributed by atoms with Crippen molar-refractivity contribution in [3.05, 3.63) is 54.1 Å². The molecule has 0 aliphatic carbocycles. The van der Waals surface area contributed by atoms with Crippen molar-refractivity contribution in [2.75, 3.05) is 18.5 Å². The van der Waals surface area contributed by atoms with Crippen LogP contribution in [0.1, 0.15) is 25.8 Å². The molecule has 0 radical (unpaired) electrons. The SMILES string of the molecule is CCCOc1ccccc1OCC(=O)NCc1ccc(NC(C)=O)cc1. The van der Waals surface area contributed by atoms with Gasteiger partial charge in [-0.1, -0.05) is 31.2 Å². The van der Waals surface area contributed by atoms with Crippen molar-refractivity contribution in [3.8, 4) is 11.5 Å². The molecule has 0 aromatic heterocycles. The van der Waals surface area contributed by atoms with Crippen LogP contribution in [0.5, 0.6) is 11.5 Å². The van der Waals surface area contributed by atoms with Crippen LogP contribution in [0.15, 0.2) is 48.5 Å². The van der Waals surface area contributed by atoms with E-state index in [9.17, 15) is 9.59 Å². The summed E-state index contributed by atoms with van der Waals surface area (Å²) in [5.74, 6) is 0.846. The molecule has 0 atom stereocenters. The van der Waals surface area contributed by atoms with Crippen LogP contribution in [-0.4, -0.2) is 25.0 Å². The molecule has 2 N–H and O–H groups in total. The summed E-state index contributed by atoms with van der Waals surface area (Å²) in [5, 5.41) is 5.50. The molecule has 0 saturated carbocycles. The number of ether oxygens (including phenoxy) is 2. The van der Waals surface area contributed by atoms with Gasteiger partial charge in [0.15, 0.2) is 18.1 Å². The van der Waals surface area contributed by atoms with Gasteiger partial charge in [-0.3, -0.25) is 9.59 Å². The summed E-state index contributed by atoms with van der Waals surface area (Å²) in [6.07, 6.45) is 0.898. The number of nitrogens with one attached hydrogen (secondary N) is 2. The zero-order valence-corrected chi connectivity index (χ0v) is 15.1.